The average Bonchev–Trinajstić information content (AvgIpc) is 2.65. The Bertz CT molecular complexity index is 406. The van der Waals surface area contributed by atoms with Crippen LogP contribution in [0.15, 0.2) is 11.5 Å². The van der Waals surface area contributed by atoms with Gasteiger partial charge in [0, 0.05) is 13.1 Å². The maximum absolute atomic E-state index is 12.0. The molecule has 2 rings (SSSR count). The van der Waals surface area contributed by atoms with E-state index in [0.29, 0.717) is 10.9 Å². The van der Waals surface area contributed by atoms with Gasteiger partial charge in [-0.1, -0.05) is 24.6 Å². The fourth-order valence-electron chi connectivity index (χ4n) is 1.90. The van der Waals surface area contributed by atoms with Gasteiger partial charge in [0.2, 0.25) is 11.9 Å². The molecule has 0 saturated carbocycles. The molecule has 18 heavy (non-hydrogen) atoms. The molecule has 7 heteroatoms. The summed E-state index contributed by atoms with van der Waals surface area (Å²) < 4.78 is 0. The fourth-order valence-corrected chi connectivity index (χ4v) is 2.62. The number of anilines is 1. The lowest BCUT2D eigenvalue weighted by Gasteiger charge is -2.19. The summed E-state index contributed by atoms with van der Waals surface area (Å²) in [6, 6.07) is 0. The molecule has 1 fully saturated rings. The highest BCUT2D eigenvalue weighted by Crippen LogP contribution is 2.15. The Morgan fingerprint density at radius 2 is 2.00 bits per heavy atom. The summed E-state index contributed by atoms with van der Waals surface area (Å²) in [4.78, 5) is 25.6. The van der Waals surface area contributed by atoms with Crippen LogP contribution in [0, 0.1) is 0 Å². The van der Waals surface area contributed by atoms with Crippen LogP contribution in [-0.2, 0) is 4.79 Å². The number of nitrogens with zero attached hydrogens (tertiary/aromatic N) is 4. The zero-order valence-corrected chi connectivity index (χ0v) is 11.0. The summed E-state index contributed by atoms with van der Waals surface area (Å²) in [5, 5.41) is 0.505. The van der Waals surface area contributed by atoms with Crippen molar-refractivity contribution in [2.45, 2.75) is 30.8 Å². The first kappa shape index (κ1) is 13.1. The van der Waals surface area contributed by atoms with Gasteiger partial charge in [-0.25, -0.2) is 9.97 Å². The molecule has 0 unspecified atom stereocenters. The maximum atomic E-state index is 12.0. The Balaban J connectivity index is 1.83. The zero-order chi connectivity index (χ0) is 12.8. The number of thioether (sulfide) groups is 1. The van der Waals surface area contributed by atoms with E-state index in [1.54, 1.807) is 0 Å². The van der Waals surface area contributed by atoms with Crippen molar-refractivity contribution in [1.29, 1.82) is 0 Å². The molecule has 0 aromatic carbocycles. The van der Waals surface area contributed by atoms with Crippen LogP contribution >= 0.6 is 11.8 Å². The van der Waals surface area contributed by atoms with E-state index in [1.807, 2.05) is 4.90 Å². The second-order valence-electron chi connectivity index (χ2n) is 4.21. The van der Waals surface area contributed by atoms with E-state index >= 15 is 0 Å². The second kappa shape index (κ2) is 6.53. The van der Waals surface area contributed by atoms with Gasteiger partial charge in [-0.05, 0) is 12.8 Å². The lowest BCUT2D eigenvalue weighted by molar-refractivity contribution is -0.128. The lowest BCUT2D eigenvalue weighted by Crippen LogP contribution is -2.33. The van der Waals surface area contributed by atoms with Gasteiger partial charge >= 0.3 is 0 Å². The number of hydrogen-bond donors (Lipinski definition) is 1. The quantitative estimate of drug-likeness (QED) is 0.821. The Hall–Kier alpha value is -1.37. The van der Waals surface area contributed by atoms with Crippen molar-refractivity contribution < 1.29 is 4.79 Å². The van der Waals surface area contributed by atoms with Gasteiger partial charge in [-0.2, -0.15) is 4.98 Å². The minimum Gasteiger partial charge on any atom is -0.368 e. The first-order chi connectivity index (χ1) is 8.75. The van der Waals surface area contributed by atoms with Crippen LogP contribution in [0.2, 0.25) is 0 Å². The highest BCUT2D eigenvalue weighted by atomic mass is 32.2. The maximum Gasteiger partial charge on any atom is 0.233 e. The van der Waals surface area contributed by atoms with Crippen LogP contribution < -0.4 is 5.73 Å². The van der Waals surface area contributed by atoms with Crippen molar-refractivity contribution in [2.24, 2.45) is 0 Å². The molecule has 0 aliphatic carbocycles. The van der Waals surface area contributed by atoms with Crippen molar-refractivity contribution in [3.05, 3.63) is 6.33 Å². The molecule has 1 aromatic rings. The van der Waals surface area contributed by atoms with Crippen molar-refractivity contribution in [1.82, 2.24) is 19.9 Å². The summed E-state index contributed by atoms with van der Waals surface area (Å²) in [6.07, 6.45) is 6.02. The summed E-state index contributed by atoms with van der Waals surface area (Å²) in [7, 11) is 0. The highest BCUT2D eigenvalue weighted by molar-refractivity contribution is 7.99. The fraction of sp³-hybridized carbons (Fsp3) is 0.636. The van der Waals surface area contributed by atoms with Crippen LogP contribution in [0.25, 0.3) is 0 Å². The van der Waals surface area contributed by atoms with E-state index in [4.69, 9.17) is 5.73 Å². The third-order valence-electron chi connectivity index (χ3n) is 2.85. The summed E-state index contributed by atoms with van der Waals surface area (Å²) >= 11 is 1.31. The van der Waals surface area contributed by atoms with E-state index in [-0.39, 0.29) is 11.9 Å². The number of nitrogen functional groups attached to an aromatic ring is 1. The topological polar surface area (TPSA) is 85.0 Å². The van der Waals surface area contributed by atoms with Crippen LogP contribution in [0.5, 0.6) is 0 Å². The van der Waals surface area contributed by atoms with Crippen LogP contribution in [0.3, 0.4) is 0 Å². The van der Waals surface area contributed by atoms with E-state index in [9.17, 15) is 4.79 Å². The monoisotopic (exact) mass is 267 g/mol. The van der Waals surface area contributed by atoms with Gasteiger partial charge in [0.1, 0.15) is 6.33 Å². The molecule has 1 amide bonds. The van der Waals surface area contributed by atoms with Crippen LogP contribution in [0.4, 0.5) is 5.95 Å². The largest absolute Gasteiger partial charge is 0.368 e. The lowest BCUT2D eigenvalue weighted by atomic mass is 10.2. The van der Waals surface area contributed by atoms with Crippen molar-refractivity contribution in [3.63, 3.8) is 0 Å². The predicted octanol–water partition coefficient (Wildman–Crippen LogP) is 0.948. The molecule has 0 bridgehead atoms. The van der Waals surface area contributed by atoms with E-state index in [0.717, 1.165) is 25.9 Å². The van der Waals surface area contributed by atoms with Gasteiger partial charge in [0.25, 0.3) is 0 Å². The predicted molar refractivity (Wildman–Crippen MR) is 70.0 cm³/mol. The van der Waals surface area contributed by atoms with Crippen molar-refractivity contribution in [3.8, 4) is 0 Å². The molecular weight excluding hydrogens is 250 g/mol. The number of aromatic nitrogens is 3. The molecule has 1 aliphatic heterocycles. The van der Waals surface area contributed by atoms with Gasteiger partial charge in [-0.3, -0.25) is 4.79 Å². The molecule has 1 aromatic heterocycles. The van der Waals surface area contributed by atoms with E-state index in [1.165, 1.54) is 30.9 Å². The van der Waals surface area contributed by atoms with Gasteiger partial charge in [0.15, 0.2) is 5.16 Å². The number of carbonyl (C=O) groups excluding carboxylic acids is 1. The number of carbonyl (C=O) groups is 1. The molecule has 98 valence electrons. The number of likely N-dealkylation sites (tertiary alicyclic amines) is 1. The number of rotatable bonds is 3. The Kier molecular flexibility index (Phi) is 4.74. The molecule has 0 atom stereocenters. The normalized spacial score (nSPS) is 16.3. The molecular formula is C11H17N5OS. The zero-order valence-electron chi connectivity index (χ0n) is 10.2. The molecule has 2 heterocycles. The second-order valence-corrected chi connectivity index (χ2v) is 5.15. The number of amides is 1. The standard InChI is InChI=1S/C11H17N5OS/c12-10-13-8-14-11(15-10)18-7-9(17)16-5-3-1-2-4-6-16/h8H,1-7H2,(H2,12,13,14,15). The average molecular weight is 267 g/mol. The van der Waals surface area contributed by atoms with Crippen LogP contribution in [0.1, 0.15) is 25.7 Å². The van der Waals surface area contributed by atoms with Crippen LogP contribution in [-0.4, -0.2) is 44.6 Å². The molecule has 1 aliphatic rings. The Morgan fingerprint density at radius 1 is 1.28 bits per heavy atom. The van der Waals surface area contributed by atoms with Gasteiger partial charge in [-0.15, -0.1) is 0 Å². The minimum absolute atomic E-state index is 0.154. The first-order valence-corrected chi connectivity index (χ1v) is 7.09. The molecule has 1 saturated heterocycles. The first-order valence-electron chi connectivity index (χ1n) is 6.11. The Morgan fingerprint density at radius 3 is 2.67 bits per heavy atom. The van der Waals surface area contributed by atoms with Gasteiger partial charge < -0.3 is 10.6 Å². The number of hydrogen-bond acceptors (Lipinski definition) is 6. The molecule has 6 nitrogen and oxygen atoms in total. The number of nitrogens with two attached hydrogens (primary N) is 1. The molecule has 0 spiro atoms. The highest BCUT2D eigenvalue weighted by Gasteiger charge is 2.16. The smallest absolute Gasteiger partial charge is 0.233 e. The summed E-state index contributed by atoms with van der Waals surface area (Å²) in [5.74, 6) is 0.708. The summed E-state index contributed by atoms with van der Waals surface area (Å²) in [6.45, 7) is 1.75. The summed E-state index contributed by atoms with van der Waals surface area (Å²) in [5.41, 5.74) is 5.46. The minimum atomic E-state index is 0.154. The third-order valence-corrected chi connectivity index (χ3v) is 3.70. The van der Waals surface area contributed by atoms with E-state index in [2.05, 4.69) is 15.0 Å². The van der Waals surface area contributed by atoms with Crippen molar-refractivity contribution >= 4 is 23.6 Å². The molecule has 2 N–H and O–H groups in total. The van der Waals surface area contributed by atoms with Gasteiger partial charge in [0.05, 0.1) is 5.75 Å². The molecule has 0 radical (unpaired) electrons. The SMILES string of the molecule is Nc1ncnc(SCC(=O)N2CCCCCC2)n1. The Labute approximate surface area is 110 Å². The van der Waals surface area contributed by atoms with E-state index < -0.39 is 0 Å². The third kappa shape index (κ3) is 3.83. The van der Waals surface area contributed by atoms with Crippen molar-refractivity contribution in [2.75, 3.05) is 24.6 Å².